The van der Waals surface area contributed by atoms with Crippen molar-refractivity contribution in [1.29, 1.82) is 0 Å². The topological polar surface area (TPSA) is 89.6 Å². The van der Waals surface area contributed by atoms with E-state index in [0.717, 1.165) is 22.3 Å². The SMILES string of the molecule is NC(c1ccccc1F)C(C(=O)O)C(=O)OCC1c2ccccc2-c2ccccc21. The lowest BCUT2D eigenvalue weighted by molar-refractivity contribution is -0.160. The third-order valence-corrected chi connectivity index (χ3v) is 5.50. The lowest BCUT2D eigenvalue weighted by Gasteiger charge is -2.21. The van der Waals surface area contributed by atoms with Gasteiger partial charge >= 0.3 is 11.9 Å². The predicted octanol–water partition coefficient (Wildman–Crippen LogP) is 3.88. The monoisotopic (exact) mass is 405 g/mol. The van der Waals surface area contributed by atoms with Crippen LogP contribution in [-0.2, 0) is 14.3 Å². The minimum Gasteiger partial charge on any atom is -0.481 e. The molecule has 0 spiro atoms. The Labute approximate surface area is 172 Å². The van der Waals surface area contributed by atoms with Crippen LogP contribution in [0.1, 0.15) is 28.7 Å². The molecule has 6 heteroatoms. The molecule has 3 aromatic carbocycles. The second-order valence-corrected chi connectivity index (χ2v) is 7.22. The second kappa shape index (κ2) is 8.08. The number of nitrogens with two attached hydrogens (primary N) is 1. The lowest BCUT2D eigenvalue weighted by Crippen LogP contribution is -2.37. The highest BCUT2D eigenvalue weighted by molar-refractivity contribution is 5.95. The third kappa shape index (κ3) is 3.46. The van der Waals surface area contributed by atoms with Crippen molar-refractivity contribution in [3.63, 3.8) is 0 Å². The van der Waals surface area contributed by atoms with Gasteiger partial charge in [-0.25, -0.2) is 4.39 Å². The van der Waals surface area contributed by atoms with E-state index in [1.54, 1.807) is 0 Å². The van der Waals surface area contributed by atoms with Crippen molar-refractivity contribution >= 4 is 11.9 Å². The molecule has 0 aromatic heterocycles. The molecular formula is C24H20FNO4. The number of esters is 1. The molecule has 3 N–H and O–H groups in total. The summed E-state index contributed by atoms with van der Waals surface area (Å²) in [5.74, 6) is -5.03. The number of carboxylic acid groups (broad SMARTS) is 1. The van der Waals surface area contributed by atoms with E-state index >= 15 is 0 Å². The summed E-state index contributed by atoms with van der Waals surface area (Å²) in [5, 5.41) is 9.57. The predicted molar refractivity (Wildman–Crippen MR) is 109 cm³/mol. The number of carbonyl (C=O) groups excluding carboxylic acids is 1. The highest BCUT2D eigenvalue weighted by atomic mass is 19.1. The number of aliphatic carboxylic acids is 1. The molecule has 0 amide bonds. The average Bonchev–Trinajstić information content (AvgIpc) is 3.06. The van der Waals surface area contributed by atoms with Crippen LogP contribution in [0.15, 0.2) is 72.8 Å². The fraction of sp³-hybridized carbons (Fsp3) is 0.167. The number of ether oxygens (including phenoxy) is 1. The first kappa shape index (κ1) is 19.8. The Morgan fingerprint density at radius 2 is 1.47 bits per heavy atom. The highest BCUT2D eigenvalue weighted by Crippen LogP contribution is 2.44. The molecule has 2 atom stereocenters. The minimum atomic E-state index is -1.71. The number of carboxylic acids is 1. The van der Waals surface area contributed by atoms with Crippen LogP contribution in [0.3, 0.4) is 0 Å². The van der Waals surface area contributed by atoms with Gasteiger partial charge in [-0.3, -0.25) is 9.59 Å². The molecule has 3 aromatic rings. The van der Waals surface area contributed by atoms with Crippen LogP contribution in [0.2, 0.25) is 0 Å². The first-order valence-electron chi connectivity index (χ1n) is 9.56. The number of fused-ring (bicyclic) bond motifs is 3. The Bertz CT molecular complexity index is 1070. The van der Waals surface area contributed by atoms with Crippen LogP contribution >= 0.6 is 0 Å². The van der Waals surface area contributed by atoms with E-state index in [1.807, 2.05) is 48.5 Å². The van der Waals surface area contributed by atoms with Gasteiger partial charge in [0.05, 0.1) is 6.04 Å². The van der Waals surface area contributed by atoms with Crippen molar-refractivity contribution in [2.45, 2.75) is 12.0 Å². The van der Waals surface area contributed by atoms with Crippen molar-refractivity contribution in [2.24, 2.45) is 11.7 Å². The van der Waals surface area contributed by atoms with E-state index in [-0.39, 0.29) is 18.1 Å². The second-order valence-electron chi connectivity index (χ2n) is 7.22. The van der Waals surface area contributed by atoms with Crippen molar-refractivity contribution < 1.29 is 23.8 Å². The highest BCUT2D eigenvalue weighted by Gasteiger charge is 2.37. The Balaban J connectivity index is 1.56. The molecular weight excluding hydrogens is 385 g/mol. The van der Waals surface area contributed by atoms with E-state index in [9.17, 15) is 19.1 Å². The molecule has 4 rings (SSSR count). The normalized spacial score (nSPS) is 14.5. The van der Waals surface area contributed by atoms with Gasteiger partial charge in [0.15, 0.2) is 5.92 Å². The van der Waals surface area contributed by atoms with Crippen LogP contribution in [0.5, 0.6) is 0 Å². The van der Waals surface area contributed by atoms with Crippen molar-refractivity contribution in [3.8, 4) is 11.1 Å². The average molecular weight is 405 g/mol. The maximum absolute atomic E-state index is 14.1. The summed E-state index contributed by atoms with van der Waals surface area (Å²) in [6.07, 6.45) is 0. The number of hydrogen-bond donors (Lipinski definition) is 2. The standard InChI is InChI=1S/C24H20FNO4/c25-20-12-6-5-11-18(20)22(26)21(23(27)28)24(29)30-13-19-16-9-3-1-7-14(16)15-8-2-4-10-17(15)19/h1-12,19,21-22H,13,26H2,(H,27,28). The summed E-state index contributed by atoms with van der Waals surface area (Å²) in [4.78, 5) is 24.4. The molecule has 0 saturated carbocycles. The fourth-order valence-corrected chi connectivity index (χ4v) is 4.02. The molecule has 0 fully saturated rings. The molecule has 5 nitrogen and oxygen atoms in total. The number of benzene rings is 3. The molecule has 0 radical (unpaired) electrons. The van der Waals surface area contributed by atoms with Gasteiger partial charge in [0, 0.05) is 11.5 Å². The number of carbonyl (C=O) groups is 2. The van der Waals surface area contributed by atoms with E-state index in [2.05, 4.69) is 0 Å². The quantitative estimate of drug-likeness (QED) is 0.480. The maximum Gasteiger partial charge on any atom is 0.322 e. The summed E-state index contributed by atoms with van der Waals surface area (Å²) in [6, 6.07) is 19.8. The summed E-state index contributed by atoms with van der Waals surface area (Å²) in [6.45, 7) is -0.0272. The summed E-state index contributed by atoms with van der Waals surface area (Å²) < 4.78 is 19.5. The number of halogens is 1. The zero-order valence-corrected chi connectivity index (χ0v) is 16.0. The van der Waals surface area contributed by atoms with Crippen LogP contribution in [0.4, 0.5) is 4.39 Å². The Hall–Kier alpha value is -3.51. The van der Waals surface area contributed by atoms with Gasteiger partial charge in [0.2, 0.25) is 0 Å². The van der Waals surface area contributed by atoms with Gasteiger partial charge in [0.1, 0.15) is 12.4 Å². The number of hydrogen-bond acceptors (Lipinski definition) is 4. The van der Waals surface area contributed by atoms with Gasteiger partial charge in [-0.05, 0) is 28.3 Å². The van der Waals surface area contributed by atoms with E-state index in [1.165, 1.54) is 24.3 Å². The van der Waals surface area contributed by atoms with E-state index in [0.29, 0.717) is 0 Å². The molecule has 1 aliphatic rings. The molecule has 1 aliphatic carbocycles. The van der Waals surface area contributed by atoms with Crippen molar-refractivity contribution in [3.05, 3.63) is 95.3 Å². The summed E-state index contributed by atoms with van der Waals surface area (Å²) in [5.41, 5.74) is 10.1. The Morgan fingerprint density at radius 3 is 2.03 bits per heavy atom. The third-order valence-electron chi connectivity index (χ3n) is 5.50. The lowest BCUT2D eigenvalue weighted by atomic mass is 9.93. The molecule has 0 bridgehead atoms. The molecule has 0 saturated heterocycles. The Morgan fingerprint density at radius 1 is 0.933 bits per heavy atom. The van der Waals surface area contributed by atoms with Crippen LogP contribution in [-0.4, -0.2) is 23.7 Å². The molecule has 152 valence electrons. The fourth-order valence-electron chi connectivity index (χ4n) is 4.02. The van der Waals surface area contributed by atoms with Gasteiger partial charge in [-0.1, -0.05) is 66.7 Å². The first-order chi connectivity index (χ1) is 14.5. The zero-order valence-electron chi connectivity index (χ0n) is 16.0. The van der Waals surface area contributed by atoms with Crippen molar-refractivity contribution in [1.82, 2.24) is 0 Å². The smallest absolute Gasteiger partial charge is 0.322 e. The summed E-state index contributed by atoms with van der Waals surface area (Å²) in [7, 11) is 0. The van der Waals surface area contributed by atoms with Gasteiger partial charge < -0.3 is 15.6 Å². The molecule has 30 heavy (non-hydrogen) atoms. The van der Waals surface area contributed by atoms with Gasteiger partial charge in [-0.15, -0.1) is 0 Å². The maximum atomic E-state index is 14.1. The number of rotatable bonds is 6. The van der Waals surface area contributed by atoms with Crippen molar-refractivity contribution in [2.75, 3.05) is 6.61 Å². The van der Waals surface area contributed by atoms with Gasteiger partial charge in [0.25, 0.3) is 0 Å². The van der Waals surface area contributed by atoms with Crippen LogP contribution in [0.25, 0.3) is 11.1 Å². The Kier molecular flexibility index (Phi) is 5.33. The zero-order chi connectivity index (χ0) is 21.3. The minimum absolute atomic E-state index is 0.0272. The molecule has 0 aliphatic heterocycles. The summed E-state index contributed by atoms with van der Waals surface area (Å²) >= 11 is 0. The first-order valence-corrected chi connectivity index (χ1v) is 9.56. The van der Waals surface area contributed by atoms with Crippen LogP contribution < -0.4 is 5.73 Å². The van der Waals surface area contributed by atoms with E-state index in [4.69, 9.17) is 10.5 Å². The molecule has 0 heterocycles. The van der Waals surface area contributed by atoms with Crippen LogP contribution in [0, 0.1) is 11.7 Å². The largest absolute Gasteiger partial charge is 0.481 e. The molecule has 2 unspecified atom stereocenters. The van der Waals surface area contributed by atoms with Gasteiger partial charge in [-0.2, -0.15) is 0 Å². The van der Waals surface area contributed by atoms with E-state index < -0.39 is 29.7 Å².